The van der Waals surface area contributed by atoms with Crippen molar-refractivity contribution in [2.45, 2.75) is 26.9 Å². The van der Waals surface area contributed by atoms with E-state index >= 15 is 0 Å². The highest BCUT2D eigenvalue weighted by molar-refractivity contribution is 5.59. The van der Waals surface area contributed by atoms with Gasteiger partial charge in [0.25, 0.3) is 0 Å². The normalized spacial score (nSPS) is 10.6. The van der Waals surface area contributed by atoms with Crippen LogP contribution in [0.1, 0.15) is 16.8 Å². The Labute approximate surface area is 118 Å². The van der Waals surface area contributed by atoms with Crippen molar-refractivity contribution in [2.75, 3.05) is 19.0 Å². The molecule has 0 radical (unpaired) electrons. The van der Waals surface area contributed by atoms with Gasteiger partial charge in [-0.25, -0.2) is 4.68 Å². The summed E-state index contributed by atoms with van der Waals surface area (Å²) in [5, 5.41) is 20.1. The third kappa shape index (κ3) is 3.08. The molecule has 0 aliphatic carbocycles. The Morgan fingerprint density at radius 2 is 2.15 bits per heavy atom. The van der Waals surface area contributed by atoms with Crippen LogP contribution < -0.4 is 10.1 Å². The third-order valence-electron chi connectivity index (χ3n) is 3.18. The van der Waals surface area contributed by atoms with Crippen molar-refractivity contribution in [3.05, 3.63) is 35.2 Å². The van der Waals surface area contributed by atoms with Gasteiger partial charge in [0, 0.05) is 11.3 Å². The number of methoxy groups -OCH3 is 1. The maximum atomic E-state index is 8.84. The predicted octanol–water partition coefficient (Wildman–Crippen LogP) is 1.51. The molecule has 0 amide bonds. The first-order chi connectivity index (χ1) is 9.65. The van der Waals surface area contributed by atoms with Crippen LogP contribution in [0.25, 0.3) is 0 Å². The monoisotopic (exact) mass is 276 g/mol. The van der Waals surface area contributed by atoms with Gasteiger partial charge in [-0.1, -0.05) is 11.3 Å². The molecule has 0 saturated heterocycles. The van der Waals surface area contributed by atoms with Crippen LogP contribution in [0.2, 0.25) is 0 Å². The molecule has 0 bridgehead atoms. The van der Waals surface area contributed by atoms with Gasteiger partial charge < -0.3 is 15.2 Å². The molecule has 0 unspecified atom stereocenters. The highest BCUT2D eigenvalue weighted by Gasteiger charge is 2.08. The van der Waals surface area contributed by atoms with Gasteiger partial charge in [-0.3, -0.25) is 0 Å². The first kappa shape index (κ1) is 14.3. The first-order valence-electron chi connectivity index (χ1n) is 6.53. The summed E-state index contributed by atoms with van der Waals surface area (Å²) in [5.74, 6) is 0.902. The summed E-state index contributed by atoms with van der Waals surface area (Å²) in [6.07, 6.45) is 1.82. The first-order valence-corrected chi connectivity index (χ1v) is 6.53. The molecule has 1 aromatic carbocycles. The standard InChI is InChI=1S/C14H20N4O2/c1-10-4-5-13(11(2)14(10)20-3)15-8-12-9-18(6-7-19)17-16-12/h4-5,9,15,19H,6-8H2,1-3H3. The number of benzene rings is 1. The summed E-state index contributed by atoms with van der Waals surface area (Å²) in [4.78, 5) is 0. The average molecular weight is 276 g/mol. The SMILES string of the molecule is COc1c(C)ccc(NCc2cn(CCO)nn2)c1C. The summed E-state index contributed by atoms with van der Waals surface area (Å²) in [6, 6.07) is 4.06. The van der Waals surface area contributed by atoms with Crippen molar-refractivity contribution in [3.63, 3.8) is 0 Å². The number of nitrogens with zero attached hydrogens (tertiary/aromatic N) is 3. The Bertz CT molecular complexity index is 581. The fourth-order valence-electron chi connectivity index (χ4n) is 2.15. The summed E-state index contributed by atoms with van der Waals surface area (Å²) in [7, 11) is 1.68. The Hall–Kier alpha value is -2.08. The molecule has 1 aromatic heterocycles. The minimum absolute atomic E-state index is 0.0600. The van der Waals surface area contributed by atoms with E-state index in [1.165, 1.54) is 0 Å². The van der Waals surface area contributed by atoms with Gasteiger partial charge in [-0.15, -0.1) is 5.10 Å². The molecule has 2 rings (SSSR count). The van der Waals surface area contributed by atoms with E-state index in [2.05, 4.69) is 15.6 Å². The summed E-state index contributed by atoms with van der Waals surface area (Å²) >= 11 is 0. The van der Waals surface area contributed by atoms with Crippen LogP contribution in [-0.2, 0) is 13.1 Å². The number of nitrogens with one attached hydrogen (secondary N) is 1. The summed E-state index contributed by atoms with van der Waals surface area (Å²) in [5.41, 5.74) is 4.04. The number of aliphatic hydroxyl groups excluding tert-OH is 1. The van der Waals surface area contributed by atoms with E-state index in [0.717, 1.165) is 28.3 Å². The summed E-state index contributed by atoms with van der Waals surface area (Å²) < 4.78 is 7.03. The van der Waals surface area contributed by atoms with Crippen LogP contribution in [0.15, 0.2) is 18.3 Å². The van der Waals surface area contributed by atoms with Crippen LogP contribution in [0, 0.1) is 13.8 Å². The second kappa shape index (κ2) is 6.38. The molecule has 0 aliphatic heterocycles. The lowest BCUT2D eigenvalue weighted by Crippen LogP contribution is -2.03. The lowest BCUT2D eigenvalue weighted by molar-refractivity contribution is 0.268. The van der Waals surface area contributed by atoms with Gasteiger partial charge >= 0.3 is 0 Å². The van der Waals surface area contributed by atoms with Crippen LogP contribution in [0.5, 0.6) is 5.75 Å². The number of hydrogen-bond acceptors (Lipinski definition) is 5. The molecular weight excluding hydrogens is 256 g/mol. The average Bonchev–Trinajstić information content (AvgIpc) is 2.87. The van der Waals surface area contributed by atoms with Gasteiger partial charge in [0.1, 0.15) is 11.4 Å². The Balaban J connectivity index is 2.06. The zero-order valence-corrected chi connectivity index (χ0v) is 12.1. The molecule has 0 aliphatic rings. The van der Waals surface area contributed by atoms with E-state index in [9.17, 15) is 0 Å². The van der Waals surface area contributed by atoms with Gasteiger partial charge in [0.2, 0.25) is 0 Å². The maximum absolute atomic E-state index is 8.84. The van der Waals surface area contributed by atoms with E-state index in [1.54, 1.807) is 11.8 Å². The second-order valence-corrected chi connectivity index (χ2v) is 4.64. The quantitative estimate of drug-likeness (QED) is 0.836. The number of hydrogen-bond donors (Lipinski definition) is 2. The van der Waals surface area contributed by atoms with Crippen LogP contribution in [0.3, 0.4) is 0 Å². The number of ether oxygens (including phenoxy) is 1. The number of aryl methyl sites for hydroxylation is 1. The van der Waals surface area contributed by atoms with Crippen molar-refractivity contribution in [3.8, 4) is 5.75 Å². The molecule has 2 N–H and O–H groups in total. The molecule has 1 heterocycles. The Morgan fingerprint density at radius 3 is 2.85 bits per heavy atom. The van der Waals surface area contributed by atoms with E-state index in [-0.39, 0.29) is 6.61 Å². The molecule has 0 fully saturated rings. The lowest BCUT2D eigenvalue weighted by Gasteiger charge is -2.14. The molecule has 2 aromatic rings. The van der Waals surface area contributed by atoms with Gasteiger partial charge in [0.15, 0.2) is 0 Å². The zero-order valence-electron chi connectivity index (χ0n) is 12.1. The van der Waals surface area contributed by atoms with Gasteiger partial charge in [-0.2, -0.15) is 0 Å². The van der Waals surface area contributed by atoms with Crippen LogP contribution >= 0.6 is 0 Å². The van der Waals surface area contributed by atoms with Gasteiger partial charge in [-0.05, 0) is 25.5 Å². The number of aliphatic hydroxyl groups is 1. The highest BCUT2D eigenvalue weighted by Crippen LogP contribution is 2.29. The van der Waals surface area contributed by atoms with Crippen LogP contribution in [0.4, 0.5) is 5.69 Å². The van der Waals surface area contributed by atoms with Crippen molar-refractivity contribution in [2.24, 2.45) is 0 Å². The van der Waals surface area contributed by atoms with Crippen molar-refractivity contribution < 1.29 is 9.84 Å². The van der Waals surface area contributed by atoms with Gasteiger partial charge in [0.05, 0.1) is 33.0 Å². The van der Waals surface area contributed by atoms with Crippen molar-refractivity contribution in [1.29, 1.82) is 0 Å². The van der Waals surface area contributed by atoms with E-state index in [0.29, 0.717) is 13.1 Å². The largest absolute Gasteiger partial charge is 0.496 e. The van der Waals surface area contributed by atoms with Crippen molar-refractivity contribution in [1.82, 2.24) is 15.0 Å². The van der Waals surface area contributed by atoms with E-state index in [1.807, 2.05) is 32.2 Å². The molecule has 20 heavy (non-hydrogen) atoms. The summed E-state index contributed by atoms with van der Waals surface area (Å²) in [6.45, 7) is 5.15. The predicted molar refractivity (Wildman–Crippen MR) is 76.9 cm³/mol. The van der Waals surface area contributed by atoms with E-state index in [4.69, 9.17) is 9.84 Å². The number of aromatic nitrogens is 3. The third-order valence-corrected chi connectivity index (χ3v) is 3.18. The zero-order chi connectivity index (χ0) is 14.5. The fourth-order valence-corrected chi connectivity index (χ4v) is 2.15. The molecular formula is C14H20N4O2. The van der Waals surface area contributed by atoms with Crippen LogP contribution in [-0.4, -0.2) is 33.8 Å². The van der Waals surface area contributed by atoms with E-state index < -0.39 is 0 Å². The second-order valence-electron chi connectivity index (χ2n) is 4.64. The Kier molecular flexibility index (Phi) is 4.57. The molecule has 6 nitrogen and oxygen atoms in total. The molecule has 0 saturated carbocycles. The Morgan fingerprint density at radius 1 is 1.35 bits per heavy atom. The highest BCUT2D eigenvalue weighted by atomic mass is 16.5. The molecule has 0 spiro atoms. The lowest BCUT2D eigenvalue weighted by atomic mass is 10.1. The minimum atomic E-state index is 0.0600. The topological polar surface area (TPSA) is 72.2 Å². The van der Waals surface area contributed by atoms with Crippen molar-refractivity contribution >= 4 is 5.69 Å². The molecule has 108 valence electrons. The minimum Gasteiger partial charge on any atom is -0.496 e. The number of anilines is 1. The molecule has 6 heteroatoms. The maximum Gasteiger partial charge on any atom is 0.126 e. The fraction of sp³-hybridized carbons (Fsp3) is 0.429. The number of rotatable bonds is 6. The molecule has 0 atom stereocenters. The smallest absolute Gasteiger partial charge is 0.126 e.